The van der Waals surface area contributed by atoms with Crippen molar-refractivity contribution >= 4 is 23.4 Å². The number of nitrogens with two attached hydrogens (primary N) is 1. The molecule has 1 aliphatic heterocycles. The fourth-order valence-corrected chi connectivity index (χ4v) is 3.95. The third-order valence-corrected chi connectivity index (χ3v) is 5.40. The van der Waals surface area contributed by atoms with Crippen LogP contribution in [-0.2, 0) is 9.53 Å². The van der Waals surface area contributed by atoms with Crippen LogP contribution in [0.15, 0.2) is 12.7 Å². The molecule has 146 valence electrons. The molecular weight excluding hydrogens is 356 g/mol. The molecule has 5 atom stereocenters. The highest BCUT2D eigenvalue weighted by Crippen LogP contribution is 2.35. The summed E-state index contributed by atoms with van der Waals surface area (Å²) in [5.41, 5.74) is 6.44. The normalized spacial score (nSPS) is 30.0. The van der Waals surface area contributed by atoms with Crippen molar-refractivity contribution in [1.29, 1.82) is 0 Å². The van der Waals surface area contributed by atoms with Gasteiger partial charge in [0.1, 0.15) is 30.2 Å². The number of anilines is 1. The summed E-state index contributed by atoms with van der Waals surface area (Å²) in [6.07, 6.45) is 0.371. The zero-order chi connectivity index (χ0) is 19.1. The molecule has 0 bridgehead atoms. The topological polar surface area (TPSA) is 160 Å². The van der Waals surface area contributed by atoms with Gasteiger partial charge in [0.15, 0.2) is 23.9 Å². The van der Waals surface area contributed by atoms with Gasteiger partial charge < -0.3 is 30.7 Å². The molecule has 11 heteroatoms. The summed E-state index contributed by atoms with van der Waals surface area (Å²) in [7, 11) is 0. The number of nitrogens with zero attached hydrogens (tertiary/aromatic N) is 5. The summed E-state index contributed by atoms with van der Waals surface area (Å²) in [6.45, 7) is 0. The van der Waals surface area contributed by atoms with Crippen LogP contribution in [0.4, 0.5) is 5.82 Å². The molecule has 1 saturated carbocycles. The van der Waals surface area contributed by atoms with Gasteiger partial charge in [0, 0.05) is 6.04 Å². The smallest absolute Gasteiger partial charge is 0.212 e. The van der Waals surface area contributed by atoms with Crippen LogP contribution in [0.2, 0.25) is 0 Å². The predicted octanol–water partition coefficient (Wildman–Crippen LogP) is -1.25. The number of carbonyl (C=O) groups excluding carboxylic acids is 1. The van der Waals surface area contributed by atoms with Crippen molar-refractivity contribution in [2.24, 2.45) is 0 Å². The third kappa shape index (κ3) is 2.92. The lowest BCUT2D eigenvalue weighted by Crippen LogP contribution is -2.51. The number of aliphatic hydroxyl groups is 3. The quantitative estimate of drug-likeness (QED) is 0.368. The minimum absolute atomic E-state index is 0.105. The SMILES string of the molecule is Nc1ncnc2c1ncn2[C@@H]1O[C@H](C(O)N(C=O)C2CCCC2)[C@@H](O)[C@H]1O. The monoisotopic (exact) mass is 378 g/mol. The molecule has 2 aromatic rings. The summed E-state index contributed by atoms with van der Waals surface area (Å²) in [4.78, 5) is 24.9. The maximum Gasteiger partial charge on any atom is 0.212 e. The molecule has 1 unspecified atom stereocenters. The summed E-state index contributed by atoms with van der Waals surface area (Å²) >= 11 is 0. The third-order valence-electron chi connectivity index (χ3n) is 5.40. The van der Waals surface area contributed by atoms with Gasteiger partial charge in [-0.05, 0) is 12.8 Å². The molecule has 27 heavy (non-hydrogen) atoms. The summed E-state index contributed by atoms with van der Waals surface area (Å²) in [5, 5.41) is 31.6. The molecule has 5 N–H and O–H groups in total. The number of aliphatic hydroxyl groups excluding tert-OH is 3. The number of nitrogen functional groups attached to an aromatic ring is 1. The van der Waals surface area contributed by atoms with E-state index >= 15 is 0 Å². The Hall–Kier alpha value is -2.34. The van der Waals surface area contributed by atoms with E-state index in [1.165, 1.54) is 22.1 Å². The number of imidazole rings is 1. The highest BCUT2D eigenvalue weighted by molar-refractivity contribution is 5.81. The van der Waals surface area contributed by atoms with E-state index in [4.69, 9.17) is 10.5 Å². The molecule has 0 aromatic carbocycles. The zero-order valence-electron chi connectivity index (χ0n) is 14.5. The molecule has 1 amide bonds. The van der Waals surface area contributed by atoms with Crippen molar-refractivity contribution in [3.8, 4) is 0 Å². The number of carbonyl (C=O) groups is 1. The number of hydrogen-bond acceptors (Lipinski definition) is 9. The first-order chi connectivity index (χ1) is 13.0. The van der Waals surface area contributed by atoms with Crippen molar-refractivity contribution in [3.05, 3.63) is 12.7 Å². The predicted molar refractivity (Wildman–Crippen MR) is 91.8 cm³/mol. The largest absolute Gasteiger partial charge is 0.387 e. The summed E-state index contributed by atoms with van der Waals surface area (Å²) in [5.74, 6) is 0.178. The fraction of sp³-hybridized carbons (Fsp3) is 0.625. The van der Waals surface area contributed by atoms with Gasteiger partial charge in [0.05, 0.1) is 6.33 Å². The van der Waals surface area contributed by atoms with Gasteiger partial charge in [-0.3, -0.25) is 9.36 Å². The van der Waals surface area contributed by atoms with E-state index in [1.54, 1.807) is 0 Å². The van der Waals surface area contributed by atoms with E-state index in [0.29, 0.717) is 17.6 Å². The number of fused-ring (bicyclic) bond motifs is 1. The summed E-state index contributed by atoms with van der Waals surface area (Å²) < 4.78 is 7.18. The van der Waals surface area contributed by atoms with E-state index in [-0.39, 0.29) is 11.9 Å². The number of amides is 1. The van der Waals surface area contributed by atoms with Gasteiger partial charge in [-0.25, -0.2) is 15.0 Å². The molecule has 11 nitrogen and oxygen atoms in total. The van der Waals surface area contributed by atoms with Crippen LogP contribution in [0.25, 0.3) is 11.2 Å². The molecule has 2 aliphatic rings. The van der Waals surface area contributed by atoms with Crippen molar-refractivity contribution in [3.63, 3.8) is 0 Å². The van der Waals surface area contributed by atoms with E-state index in [9.17, 15) is 20.1 Å². The molecule has 2 aromatic heterocycles. The van der Waals surface area contributed by atoms with E-state index in [1.807, 2.05) is 0 Å². The lowest BCUT2D eigenvalue weighted by Gasteiger charge is -2.33. The molecular formula is C16H22N6O5. The van der Waals surface area contributed by atoms with Gasteiger partial charge in [0.2, 0.25) is 6.41 Å². The van der Waals surface area contributed by atoms with Crippen LogP contribution in [0, 0.1) is 0 Å². The average molecular weight is 378 g/mol. The van der Waals surface area contributed by atoms with Crippen LogP contribution >= 0.6 is 0 Å². The average Bonchev–Trinajstić information content (AvgIpc) is 3.38. The number of aromatic nitrogens is 4. The molecule has 4 rings (SSSR count). The second kappa shape index (κ2) is 7.00. The Labute approximate surface area is 154 Å². The Balaban J connectivity index is 1.60. The molecule has 1 saturated heterocycles. The van der Waals surface area contributed by atoms with Crippen LogP contribution in [0.1, 0.15) is 31.9 Å². The second-order valence-corrected chi connectivity index (χ2v) is 6.96. The molecule has 2 fully saturated rings. The van der Waals surface area contributed by atoms with Crippen LogP contribution < -0.4 is 5.73 Å². The van der Waals surface area contributed by atoms with Crippen molar-refractivity contribution in [2.45, 2.75) is 62.5 Å². The first kappa shape index (κ1) is 18.0. The number of hydrogen-bond donors (Lipinski definition) is 4. The minimum atomic E-state index is -1.40. The van der Waals surface area contributed by atoms with Gasteiger partial charge in [-0.1, -0.05) is 12.8 Å². The highest BCUT2D eigenvalue weighted by Gasteiger charge is 2.49. The maximum absolute atomic E-state index is 11.5. The lowest BCUT2D eigenvalue weighted by atomic mass is 10.1. The Kier molecular flexibility index (Phi) is 4.68. The van der Waals surface area contributed by atoms with Gasteiger partial charge in [0.25, 0.3) is 0 Å². The Morgan fingerprint density at radius 3 is 2.70 bits per heavy atom. The maximum atomic E-state index is 11.5. The van der Waals surface area contributed by atoms with Crippen molar-refractivity contribution in [2.75, 3.05) is 5.73 Å². The zero-order valence-corrected chi connectivity index (χ0v) is 14.5. The van der Waals surface area contributed by atoms with Crippen molar-refractivity contribution in [1.82, 2.24) is 24.4 Å². The van der Waals surface area contributed by atoms with Gasteiger partial charge in [-0.2, -0.15) is 0 Å². The Bertz CT molecular complexity index is 825. The van der Waals surface area contributed by atoms with Gasteiger partial charge >= 0.3 is 0 Å². The summed E-state index contributed by atoms with van der Waals surface area (Å²) in [6, 6.07) is -0.105. The van der Waals surface area contributed by atoms with Crippen LogP contribution in [0.3, 0.4) is 0 Å². The standard InChI is InChI=1S/C16H22N6O5/c17-13-9-14(19-5-18-13)21(6-20-9)16-11(25)10(24)12(27-16)15(26)22(7-23)8-3-1-2-4-8/h5-8,10-12,15-16,24-26H,1-4H2,(H2,17,18,19)/t10-,11+,12-,15?,16+/m0/s1. The molecule has 1 aliphatic carbocycles. The Morgan fingerprint density at radius 2 is 2.00 bits per heavy atom. The van der Waals surface area contributed by atoms with Crippen LogP contribution in [0.5, 0.6) is 0 Å². The minimum Gasteiger partial charge on any atom is -0.387 e. The lowest BCUT2D eigenvalue weighted by molar-refractivity contribution is -0.160. The highest BCUT2D eigenvalue weighted by atomic mass is 16.6. The Morgan fingerprint density at radius 1 is 1.26 bits per heavy atom. The van der Waals surface area contributed by atoms with E-state index in [0.717, 1.165) is 25.7 Å². The van der Waals surface area contributed by atoms with E-state index in [2.05, 4.69) is 15.0 Å². The number of rotatable bonds is 5. The fourth-order valence-electron chi connectivity index (χ4n) is 3.95. The first-order valence-electron chi connectivity index (χ1n) is 8.88. The second-order valence-electron chi connectivity index (χ2n) is 6.96. The van der Waals surface area contributed by atoms with Crippen molar-refractivity contribution < 1.29 is 24.9 Å². The molecule has 0 radical (unpaired) electrons. The molecule has 3 heterocycles. The van der Waals surface area contributed by atoms with E-state index < -0.39 is 30.8 Å². The number of ether oxygens (including phenoxy) is 1. The first-order valence-corrected chi connectivity index (χ1v) is 8.88. The van der Waals surface area contributed by atoms with Crippen LogP contribution in [-0.4, -0.2) is 76.7 Å². The molecule has 0 spiro atoms. The van der Waals surface area contributed by atoms with Gasteiger partial charge in [-0.15, -0.1) is 0 Å².